The third-order valence-corrected chi connectivity index (χ3v) is 7.19. The largest absolute Gasteiger partial charge is 0.320 e. The molecule has 182 valence electrons. The van der Waals surface area contributed by atoms with Gasteiger partial charge in [-0.2, -0.15) is 0 Å². The molecule has 0 N–H and O–H groups in total. The van der Waals surface area contributed by atoms with Crippen LogP contribution in [0.4, 0.5) is 5.69 Å². The van der Waals surface area contributed by atoms with E-state index in [-0.39, 0.29) is 0 Å². The second-order valence-electron chi connectivity index (χ2n) is 8.75. The number of anilines is 1. The Labute approximate surface area is 228 Å². The standard InChI is InChI=1S/C25H19Cl4N7/c1-14-7-21-25(34(10-14)22-9-17(27)4-6-20(22)29)35-13-33(12-23(35)32-31-21)36-11-15(2)30-24(36)18-8-16(26)3-5-19(18)28/h3-9,11-12H,10,13H2,1-2H3. The first-order valence-corrected chi connectivity index (χ1v) is 12.6. The molecule has 1 aromatic heterocycles. The number of imidazole rings is 1. The van der Waals surface area contributed by atoms with Gasteiger partial charge in [0.15, 0.2) is 11.6 Å². The molecule has 0 saturated heterocycles. The maximum absolute atomic E-state index is 6.62. The molecular weight excluding hydrogens is 540 g/mol. The molecule has 0 fully saturated rings. The fraction of sp³-hybridized carbons (Fsp3) is 0.160. The Morgan fingerprint density at radius 1 is 0.861 bits per heavy atom. The zero-order valence-corrected chi connectivity index (χ0v) is 22.3. The molecule has 2 aromatic carbocycles. The number of azo groups is 1. The second kappa shape index (κ2) is 8.85. The topological polar surface area (TPSA) is 52.3 Å². The number of benzene rings is 2. The van der Waals surface area contributed by atoms with E-state index in [9.17, 15) is 0 Å². The SMILES string of the molecule is CC1=CC2=C(N3CN(n4cc(C)nc4-c4cc(Cl)ccc4Cl)C=C3N=N2)N(c2cc(Cl)ccc2Cl)C1. The van der Waals surface area contributed by atoms with Gasteiger partial charge >= 0.3 is 0 Å². The summed E-state index contributed by atoms with van der Waals surface area (Å²) in [4.78, 5) is 8.96. The van der Waals surface area contributed by atoms with E-state index in [0.29, 0.717) is 44.9 Å². The summed E-state index contributed by atoms with van der Waals surface area (Å²) in [6.45, 7) is 5.11. The zero-order chi connectivity index (χ0) is 25.1. The number of aryl methyl sites for hydroxylation is 1. The monoisotopic (exact) mass is 557 g/mol. The molecule has 36 heavy (non-hydrogen) atoms. The predicted molar refractivity (Wildman–Crippen MR) is 145 cm³/mol. The summed E-state index contributed by atoms with van der Waals surface area (Å²) < 4.78 is 1.95. The number of fused-ring (bicyclic) bond motifs is 2. The lowest BCUT2D eigenvalue weighted by Gasteiger charge is -2.38. The Morgan fingerprint density at radius 3 is 2.42 bits per heavy atom. The molecule has 0 saturated carbocycles. The van der Waals surface area contributed by atoms with Crippen LogP contribution in [-0.2, 0) is 0 Å². The highest BCUT2D eigenvalue weighted by Gasteiger charge is 2.36. The van der Waals surface area contributed by atoms with Crippen molar-refractivity contribution in [1.29, 1.82) is 0 Å². The van der Waals surface area contributed by atoms with E-state index < -0.39 is 0 Å². The fourth-order valence-corrected chi connectivity index (χ4v) is 5.30. The van der Waals surface area contributed by atoms with E-state index >= 15 is 0 Å². The van der Waals surface area contributed by atoms with Crippen LogP contribution in [0.5, 0.6) is 0 Å². The summed E-state index contributed by atoms with van der Waals surface area (Å²) >= 11 is 25.8. The summed E-state index contributed by atoms with van der Waals surface area (Å²) in [6.07, 6.45) is 5.93. The van der Waals surface area contributed by atoms with Crippen LogP contribution < -0.4 is 9.91 Å². The van der Waals surface area contributed by atoms with Crippen molar-refractivity contribution in [3.63, 3.8) is 0 Å². The number of aromatic nitrogens is 2. The molecule has 4 heterocycles. The van der Waals surface area contributed by atoms with Gasteiger partial charge in [0.2, 0.25) is 0 Å². The fourth-order valence-electron chi connectivity index (χ4n) is 4.54. The van der Waals surface area contributed by atoms with Gasteiger partial charge in [-0.3, -0.25) is 9.91 Å². The van der Waals surface area contributed by atoms with Gasteiger partial charge in [-0.1, -0.05) is 52.0 Å². The molecule has 6 rings (SSSR count). The first-order chi connectivity index (χ1) is 17.3. The van der Waals surface area contributed by atoms with E-state index in [1.54, 1.807) is 24.3 Å². The Balaban J connectivity index is 1.42. The van der Waals surface area contributed by atoms with E-state index in [0.717, 1.165) is 34.0 Å². The molecule has 7 nitrogen and oxygen atoms in total. The molecule has 0 bridgehead atoms. The maximum Gasteiger partial charge on any atom is 0.176 e. The molecule has 0 radical (unpaired) electrons. The minimum Gasteiger partial charge on any atom is -0.320 e. The molecule has 0 unspecified atom stereocenters. The van der Waals surface area contributed by atoms with Gasteiger partial charge in [0.25, 0.3) is 0 Å². The normalized spacial score (nSPS) is 16.9. The van der Waals surface area contributed by atoms with Gasteiger partial charge in [0.1, 0.15) is 18.2 Å². The molecular formula is C25H19Cl4N7. The van der Waals surface area contributed by atoms with Crippen molar-refractivity contribution >= 4 is 52.1 Å². The van der Waals surface area contributed by atoms with Gasteiger partial charge in [-0.25, -0.2) is 9.66 Å². The van der Waals surface area contributed by atoms with Gasteiger partial charge in [-0.05, 0) is 56.3 Å². The summed E-state index contributed by atoms with van der Waals surface area (Å²) in [7, 11) is 0. The van der Waals surface area contributed by atoms with Gasteiger partial charge in [0, 0.05) is 22.2 Å². The molecule has 0 aliphatic carbocycles. The van der Waals surface area contributed by atoms with E-state index in [2.05, 4.69) is 27.0 Å². The molecule has 0 atom stereocenters. The zero-order valence-electron chi connectivity index (χ0n) is 19.3. The first-order valence-electron chi connectivity index (χ1n) is 11.1. The Morgan fingerprint density at radius 2 is 1.61 bits per heavy atom. The predicted octanol–water partition coefficient (Wildman–Crippen LogP) is 7.58. The Hall–Kier alpha value is -2.97. The average molecular weight is 559 g/mol. The molecule has 3 aromatic rings. The Bertz CT molecular complexity index is 1540. The van der Waals surface area contributed by atoms with Gasteiger partial charge < -0.3 is 4.90 Å². The van der Waals surface area contributed by atoms with Crippen LogP contribution in [0.25, 0.3) is 11.4 Å². The molecule has 3 aliphatic heterocycles. The van der Waals surface area contributed by atoms with Gasteiger partial charge in [-0.15, -0.1) is 10.2 Å². The highest BCUT2D eigenvalue weighted by Crippen LogP contribution is 2.41. The minimum absolute atomic E-state index is 0.468. The van der Waals surface area contributed by atoms with Crippen molar-refractivity contribution in [3.05, 3.63) is 104 Å². The lowest BCUT2D eigenvalue weighted by molar-refractivity contribution is 0.402. The van der Waals surface area contributed by atoms with Crippen LogP contribution >= 0.6 is 46.4 Å². The van der Waals surface area contributed by atoms with E-state index in [1.807, 2.05) is 47.2 Å². The number of halogens is 4. The summed E-state index contributed by atoms with van der Waals surface area (Å²) in [6, 6.07) is 10.8. The Kier molecular flexibility index (Phi) is 5.76. The quantitative estimate of drug-likeness (QED) is 0.332. The van der Waals surface area contributed by atoms with Crippen LogP contribution in [0.15, 0.2) is 88.0 Å². The number of allylic oxidation sites excluding steroid dienone is 1. The molecule has 3 aliphatic rings. The van der Waals surface area contributed by atoms with Gasteiger partial charge in [0.05, 0.1) is 33.8 Å². The van der Waals surface area contributed by atoms with E-state index in [1.165, 1.54) is 0 Å². The lowest BCUT2D eigenvalue weighted by Crippen LogP contribution is -2.42. The van der Waals surface area contributed by atoms with Crippen molar-refractivity contribution in [2.45, 2.75) is 13.8 Å². The third kappa shape index (κ3) is 3.96. The first kappa shape index (κ1) is 23.4. The van der Waals surface area contributed by atoms with Crippen LogP contribution in [0, 0.1) is 6.92 Å². The minimum atomic E-state index is 0.468. The smallest absolute Gasteiger partial charge is 0.176 e. The van der Waals surface area contributed by atoms with Crippen molar-refractivity contribution in [3.8, 4) is 11.4 Å². The highest BCUT2D eigenvalue weighted by atomic mass is 35.5. The van der Waals surface area contributed by atoms with Crippen molar-refractivity contribution in [1.82, 2.24) is 14.6 Å². The average Bonchev–Trinajstić information content (AvgIpc) is 3.45. The molecule has 11 heteroatoms. The number of nitrogens with zero attached hydrogens (tertiary/aromatic N) is 7. The van der Waals surface area contributed by atoms with Crippen LogP contribution in [0.3, 0.4) is 0 Å². The van der Waals surface area contributed by atoms with Crippen LogP contribution in [0.1, 0.15) is 12.6 Å². The second-order valence-corrected chi connectivity index (χ2v) is 10.4. The number of hydrogen-bond acceptors (Lipinski definition) is 6. The summed E-state index contributed by atoms with van der Waals surface area (Å²) in [5.74, 6) is 2.25. The molecule has 0 spiro atoms. The lowest BCUT2D eigenvalue weighted by atomic mass is 10.1. The summed E-state index contributed by atoms with van der Waals surface area (Å²) in [5, 5.41) is 13.4. The third-order valence-electron chi connectivity index (χ3n) is 6.07. The number of hydrogen-bond donors (Lipinski definition) is 0. The van der Waals surface area contributed by atoms with Crippen molar-refractivity contribution in [2.24, 2.45) is 10.2 Å². The highest BCUT2D eigenvalue weighted by molar-refractivity contribution is 6.36. The van der Waals surface area contributed by atoms with Crippen LogP contribution in [-0.4, -0.2) is 27.8 Å². The van der Waals surface area contributed by atoms with Crippen molar-refractivity contribution < 1.29 is 0 Å². The number of rotatable bonds is 3. The summed E-state index contributed by atoms with van der Waals surface area (Å²) in [5.41, 5.74) is 4.29. The van der Waals surface area contributed by atoms with Crippen LogP contribution in [0.2, 0.25) is 20.1 Å². The van der Waals surface area contributed by atoms with E-state index in [4.69, 9.17) is 51.4 Å². The molecule has 0 amide bonds. The van der Waals surface area contributed by atoms with Crippen molar-refractivity contribution in [2.75, 3.05) is 23.1 Å². The maximum atomic E-state index is 6.62.